The van der Waals surface area contributed by atoms with E-state index in [0.717, 1.165) is 36.1 Å². The van der Waals surface area contributed by atoms with Crippen LogP contribution in [0, 0.1) is 0 Å². The van der Waals surface area contributed by atoms with Crippen molar-refractivity contribution in [3.8, 4) is 0 Å². The van der Waals surface area contributed by atoms with Crippen LogP contribution in [0.1, 0.15) is 42.1 Å². The van der Waals surface area contributed by atoms with Crippen LogP contribution in [0.3, 0.4) is 0 Å². The lowest BCUT2D eigenvalue weighted by Crippen LogP contribution is -2.06. The molecule has 130 valence electrons. The van der Waals surface area contributed by atoms with Gasteiger partial charge in [-0.25, -0.2) is 4.79 Å². The normalized spacial score (nSPS) is 11.3. The van der Waals surface area contributed by atoms with Gasteiger partial charge in [0, 0.05) is 4.90 Å². The zero-order valence-corrected chi connectivity index (χ0v) is 15.1. The van der Waals surface area contributed by atoms with Gasteiger partial charge in [-0.1, -0.05) is 19.8 Å². The van der Waals surface area contributed by atoms with Crippen molar-refractivity contribution in [3.05, 3.63) is 51.7 Å². The van der Waals surface area contributed by atoms with Crippen molar-refractivity contribution in [1.29, 1.82) is 0 Å². The quantitative estimate of drug-likeness (QED) is 0.378. The zero-order valence-electron chi connectivity index (χ0n) is 14.3. The van der Waals surface area contributed by atoms with Crippen LogP contribution < -0.4 is 5.43 Å². The predicted octanol–water partition coefficient (Wildman–Crippen LogP) is 5.10. The van der Waals surface area contributed by atoms with E-state index in [0.29, 0.717) is 21.9 Å². The third-order valence-corrected chi connectivity index (χ3v) is 5.06. The van der Waals surface area contributed by atoms with Gasteiger partial charge < -0.3 is 9.52 Å². The topological polar surface area (TPSA) is 67.5 Å². The van der Waals surface area contributed by atoms with E-state index < -0.39 is 5.97 Å². The second-order valence-corrected chi connectivity index (χ2v) is 6.95. The summed E-state index contributed by atoms with van der Waals surface area (Å²) in [7, 11) is 0. The van der Waals surface area contributed by atoms with Crippen LogP contribution in [0.4, 0.5) is 0 Å². The summed E-state index contributed by atoms with van der Waals surface area (Å²) in [5.74, 6) is -1.06. The highest BCUT2D eigenvalue weighted by Crippen LogP contribution is 2.28. The number of hydrogen-bond donors (Lipinski definition) is 1. The van der Waals surface area contributed by atoms with E-state index in [1.54, 1.807) is 17.8 Å². The third-order valence-electron chi connectivity index (χ3n) is 4.35. The van der Waals surface area contributed by atoms with E-state index in [2.05, 4.69) is 13.0 Å². The van der Waals surface area contributed by atoms with E-state index in [9.17, 15) is 9.59 Å². The van der Waals surface area contributed by atoms with Gasteiger partial charge in [0.05, 0.1) is 16.3 Å². The number of carboxylic acids is 1. The highest BCUT2D eigenvalue weighted by molar-refractivity contribution is 7.98. The Labute approximate surface area is 149 Å². The van der Waals surface area contributed by atoms with Crippen molar-refractivity contribution < 1.29 is 14.3 Å². The molecular formula is C20H20O4S. The van der Waals surface area contributed by atoms with E-state index in [-0.39, 0.29) is 11.0 Å². The van der Waals surface area contributed by atoms with Crippen LogP contribution in [0.25, 0.3) is 21.9 Å². The Morgan fingerprint density at radius 2 is 1.96 bits per heavy atom. The summed E-state index contributed by atoms with van der Waals surface area (Å²) in [6.07, 6.45) is 6.14. The van der Waals surface area contributed by atoms with Gasteiger partial charge in [0.1, 0.15) is 11.2 Å². The molecule has 1 aromatic heterocycles. The third kappa shape index (κ3) is 3.42. The molecule has 0 saturated heterocycles. The Morgan fingerprint density at radius 3 is 2.64 bits per heavy atom. The van der Waals surface area contributed by atoms with Crippen LogP contribution in [0.15, 0.2) is 44.4 Å². The van der Waals surface area contributed by atoms with Crippen molar-refractivity contribution in [2.75, 3.05) is 6.26 Å². The first-order chi connectivity index (χ1) is 12.0. The van der Waals surface area contributed by atoms with Gasteiger partial charge in [-0.15, -0.1) is 11.8 Å². The van der Waals surface area contributed by atoms with Gasteiger partial charge in [-0.05, 0) is 55.0 Å². The molecule has 0 unspecified atom stereocenters. The molecule has 4 nitrogen and oxygen atoms in total. The number of unbranched alkanes of at least 4 members (excludes halogenated alkanes) is 2. The first kappa shape index (κ1) is 17.5. The molecule has 0 aliphatic heterocycles. The molecule has 3 rings (SSSR count). The summed E-state index contributed by atoms with van der Waals surface area (Å²) < 4.78 is 6.02. The number of rotatable bonds is 6. The minimum Gasteiger partial charge on any atom is -0.478 e. The Bertz CT molecular complexity index is 1000. The maximum Gasteiger partial charge on any atom is 0.335 e. The summed E-state index contributed by atoms with van der Waals surface area (Å²) in [4.78, 5) is 25.1. The Morgan fingerprint density at radius 1 is 1.16 bits per heavy atom. The molecule has 0 radical (unpaired) electrons. The maximum atomic E-state index is 13.0. The Kier molecular flexibility index (Phi) is 5.13. The summed E-state index contributed by atoms with van der Waals surface area (Å²) in [6, 6.07) is 8.35. The molecule has 3 aromatic rings. The smallest absolute Gasteiger partial charge is 0.335 e. The standard InChI is InChI=1S/C20H20O4S/c1-3-4-5-6-12-9-14(25-2)11-16-18(21)15-10-13(20(22)23)7-8-17(15)24-19(12)16/h7-11H,3-6H2,1-2H3,(H,22,23). The van der Waals surface area contributed by atoms with Crippen LogP contribution in [0.2, 0.25) is 0 Å². The zero-order chi connectivity index (χ0) is 18.0. The van der Waals surface area contributed by atoms with Crippen molar-refractivity contribution >= 4 is 39.7 Å². The monoisotopic (exact) mass is 356 g/mol. The minimum atomic E-state index is -1.06. The number of hydrogen-bond acceptors (Lipinski definition) is 4. The number of fused-ring (bicyclic) bond motifs is 2. The molecule has 0 aliphatic carbocycles. The van der Waals surface area contributed by atoms with Gasteiger partial charge in [-0.3, -0.25) is 4.79 Å². The Balaban J connectivity index is 2.27. The average Bonchev–Trinajstić information content (AvgIpc) is 2.62. The fraction of sp³-hybridized carbons (Fsp3) is 0.300. The number of benzene rings is 2. The van der Waals surface area contributed by atoms with Crippen molar-refractivity contribution in [1.82, 2.24) is 0 Å². The number of thioether (sulfide) groups is 1. The van der Waals surface area contributed by atoms with E-state index >= 15 is 0 Å². The van der Waals surface area contributed by atoms with E-state index in [1.807, 2.05) is 12.3 Å². The summed E-state index contributed by atoms with van der Waals surface area (Å²) >= 11 is 1.58. The van der Waals surface area contributed by atoms with Gasteiger partial charge in [0.2, 0.25) is 5.43 Å². The summed E-state index contributed by atoms with van der Waals surface area (Å²) in [5.41, 5.74) is 2.00. The SMILES string of the molecule is CCCCCc1cc(SC)cc2c(=O)c3cc(C(=O)O)ccc3oc12. The van der Waals surface area contributed by atoms with Gasteiger partial charge in [0.15, 0.2) is 0 Å². The lowest BCUT2D eigenvalue weighted by atomic mass is 10.0. The molecule has 1 heterocycles. The highest BCUT2D eigenvalue weighted by atomic mass is 32.2. The molecule has 0 bridgehead atoms. The lowest BCUT2D eigenvalue weighted by molar-refractivity contribution is 0.0697. The number of carboxylic acid groups (broad SMARTS) is 1. The first-order valence-corrected chi connectivity index (χ1v) is 9.58. The summed E-state index contributed by atoms with van der Waals surface area (Å²) in [5, 5.41) is 9.99. The van der Waals surface area contributed by atoms with Crippen LogP contribution in [0.5, 0.6) is 0 Å². The van der Waals surface area contributed by atoms with E-state index in [1.165, 1.54) is 12.1 Å². The number of aryl methyl sites for hydroxylation is 1. The Hall–Kier alpha value is -2.27. The molecule has 0 spiro atoms. The minimum absolute atomic E-state index is 0.0864. The molecule has 0 saturated carbocycles. The molecule has 0 atom stereocenters. The molecule has 25 heavy (non-hydrogen) atoms. The molecular weight excluding hydrogens is 336 g/mol. The van der Waals surface area contributed by atoms with E-state index in [4.69, 9.17) is 9.52 Å². The maximum absolute atomic E-state index is 13.0. The second-order valence-electron chi connectivity index (χ2n) is 6.07. The highest BCUT2D eigenvalue weighted by Gasteiger charge is 2.14. The van der Waals surface area contributed by atoms with Crippen molar-refractivity contribution in [2.24, 2.45) is 0 Å². The largest absolute Gasteiger partial charge is 0.478 e. The van der Waals surface area contributed by atoms with Crippen LogP contribution >= 0.6 is 11.8 Å². The van der Waals surface area contributed by atoms with Crippen LogP contribution in [-0.2, 0) is 6.42 Å². The fourth-order valence-corrected chi connectivity index (χ4v) is 3.50. The summed E-state index contributed by atoms with van der Waals surface area (Å²) in [6.45, 7) is 2.16. The first-order valence-electron chi connectivity index (χ1n) is 8.36. The lowest BCUT2D eigenvalue weighted by Gasteiger charge is -2.10. The molecule has 0 amide bonds. The molecule has 0 fully saturated rings. The van der Waals surface area contributed by atoms with Gasteiger partial charge >= 0.3 is 5.97 Å². The van der Waals surface area contributed by atoms with Crippen molar-refractivity contribution in [3.63, 3.8) is 0 Å². The second kappa shape index (κ2) is 7.31. The predicted molar refractivity (Wildman–Crippen MR) is 102 cm³/mol. The van der Waals surface area contributed by atoms with Gasteiger partial charge in [-0.2, -0.15) is 0 Å². The number of aromatic carboxylic acids is 1. The van der Waals surface area contributed by atoms with Crippen molar-refractivity contribution in [2.45, 2.75) is 37.5 Å². The molecule has 2 aromatic carbocycles. The van der Waals surface area contributed by atoms with Gasteiger partial charge in [0.25, 0.3) is 0 Å². The molecule has 1 N–H and O–H groups in total. The number of carbonyl (C=O) groups is 1. The average molecular weight is 356 g/mol. The molecule has 5 heteroatoms. The fourth-order valence-electron chi connectivity index (χ4n) is 3.00. The molecule has 0 aliphatic rings. The van der Waals surface area contributed by atoms with Crippen LogP contribution in [-0.4, -0.2) is 17.3 Å².